The van der Waals surface area contributed by atoms with E-state index in [1.165, 1.54) is 0 Å². The highest BCUT2D eigenvalue weighted by molar-refractivity contribution is 7.98. The first-order valence-electron chi connectivity index (χ1n) is 5.87. The number of aromatic nitrogens is 1. The summed E-state index contributed by atoms with van der Waals surface area (Å²) in [7, 11) is 0. The number of aromatic amines is 1. The number of nitrogens with one attached hydrogen (secondary N) is 2. The highest BCUT2D eigenvalue weighted by Gasteiger charge is 2.37. The zero-order valence-corrected chi connectivity index (χ0v) is 11.3. The van der Waals surface area contributed by atoms with Crippen LogP contribution in [0, 0.1) is 0 Å². The van der Waals surface area contributed by atoms with E-state index in [0.717, 1.165) is 21.8 Å². The summed E-state index contributed by atoms with van der Waals surface area (Å²) in [6.45, 7) is 0. The van der Waals surface area contributed by atoms with Crippen LogP contribution in [0.3, 0.4) is 0 Å². The van der Waals surface area contributed by atoms with Gasteiger partial charge in [-0.25, -0.2) is 4.99 Å². The van der Waals surface area contributed by atoms with Gasteiger partial charge in [-0.3, -0.25) is 5.73 Å². The van der Waals surface area contributed by atoms with Gasteiger partial charge in [-0.05, 0) is 18.4 Å². The van der Waals surface area contributed by atoms with Gasteiger partial charge in [-0.15, -0.1) is 11.8 Å². The minimum atomic E-state index is -0.978. The first-order valence-corrected chi connectivity index (χ1v) is 7.10. The van der Waals surface area contributed by atoms with Crippen molar-refractivity contribution in [2.45, 2.75) is 10.6 Å². The monoisotopic (exact) mass is 273 g/mol. The normalized spacial score (nSPS) is 21.5. The van der Waals surface area contributed by atoms with Crippen LogP contribution in [0.25, 0.3) is 0 Å². The van der Waals surface area contributed by atoms with E-state index in [1.54, 1.807) is 11.8 Å². The number of anilines is 1. The molecule has 1 atom stereocenters. The van der Waals surface area contributed by atoms with Crippen LogP contribution in [0.4, 0.5) is 5.69 Å². The Balaban J connectivity index is 2.24. The van der Waals surface area contributed by atoms with Crippen LogP contribution >= 0.6 is 11.8 Å². The van der Waals surface area contributed by atoms with Crippen molar-refractivity contribution >= 4 is 23.4 Å². The lowest BCUT2D eigenvalue weighted by Crippen LogP contribution is -2.44. The molecule has 0 saturated heterocycles. The van der Waals surface area contributed by atoms with Crippen LogP contribution in [0.15, 0.2) is 46.4 Å². The Morgan fingerprint density at radius 3 is 2.84 bits per heavy atom. The molecule has 2 aromatic rings. The van der Waals surface area contributed by atoms with E-state index < -0.39 is 5.66 Å². The third kappa shape index (κ3) is 1.80. The molecule has 0 saturated carbocycles. The molecule has 1 unspecified atom stereocenters. The van der Waals surface area contributed by atoms with Gasteiger partial charge < -0.3 is 16.0 Å². The first kappa shape index (κ1) is 12.1. The number of benzene rings is 1. The molecule has 0 fully saturated rings. The van der Waals surface area contributed by atoms with Gasteiger partial charge in [-0.1, -0.05) is 18.2 Å². The van der Waals surface area contributed by atoms with Gasteiger partial charge >= 0.3 is 0 Å². The van der Waals surface area contributed by atoms with Gasteiger partial charge in [0.05, 0.1) is 11.4 Å². The third-order valence-corrected chi connectivity index (χ3v) is 4.00. The Labute approximate surface area is 115 Å². The van der Waals surface area contributed by atoms with Crippen molar-refractivity contribution in [3.63, 3.8) is 0 Å². The summed E-state index contributed by atoms with van der Waals surface area (Å²) in [5.74, 6) is 0.325. The van der Waals surface area contributed by atoms with Crippen molar-refractivity contribution in [2.75, 3.05) is 11.6 Å². The predicted molar refractivity (Wildman–Crippen MR) is 79.2 cm³/mol. The molecule has 1 aromatic heterocycles. The minimum absolute atomic E-state index is 0.325. The molecule has 1 aliphatic rings. The number of nitrogens with two attached hydrogens (primary N) is 2. The molecular formula is C13H15N5S. The average Bonchev–Trinajstić information content (AvgIpc) is 2.87. The number of fused-ring (bicyclic) bond motifs is 1. The molecule has 3 rings (SSSR count). The summed E-state index contributed by atoms with van der Waals surface area (Å²) in [6, 6.07) is 9.87. The second-order valence-corrected chi connectivity index (χ2v) is 5.20. The Hall–Kier alpha value is -1.92. The molecule has 6 heteroatoms. The van der Waals surface area contributed by atoms with E-state index in [2.05, 4.69) is 15.3 Å². The van der Waals surface area contributed by atoms with Gasteiger partial charge in [-0.2, -0.15) is 0 Å². The Bertz CT molecular complexity index is 648. The van der Waals surface area contributed by atoms with Crippen LogP contribution in [0.2, 0.25) is 0 Å². The highest BCUT2D eigenvalue weighted by atomic mass is 32.2. The molecule has 6 N–H and O–H groups in total. The fraction of sp³-hybridized carbons (Fsp3) is 0.154. The molecule has 0 amide bonds. The van der Waals surface area contributed by atoms with Crippen LogP contribution in [-0.2, 0) is 5.66 Å². The van der Waals surface area contributed by atoms with Crippen molar-refractivity contribution in [3.05, 3.63) is 47.8 Å². The molecule has 0 spiro atoms. The predicted octanol–water partition coefficient (Wildman–Crippen LogP) is 1.64. The topological polar surface area (TPSA) is 92.2 Å². The number of nitrogens with zero attached hydrogens (tertiary/aromatic N) is 1. The molecule has 19 heavy (non-hydrogen) atoms. The number of guanidine groups is 1. The smallest absolute Gasteiger partial charge is 0.195 e. The Morgan fingerprint density at radius 2 is 2.05 bits per heavy atom. The van der Waals surface area contributed by atoms with Crippen molar-refractivity contribution in [3.8, 4) is 0 Å². The molecule has 0 radical (unpaired) electrons. The van der Waals surface area contributed by atoms with Gasteiger partial charge in [0.25, 0.3) is 0 Å². The van der Waals surface area contributed by atoms with Crippen LogP contribution < -0.4 is 16.8 Å². The zero-order chi connectivity index (χ0) is 13.5. The molecule has 2 heterocycles. The maximum Gasteiger partial charge on any atom is 0.195 e. The minimum Gasteiger partial charge on any atom is -0.370 e. The van der Waals surface area contributed by atoms with Gasteiger partial charge in [0, 0.05) is 16.7 Å². The largest absolute Gasteiger partial charge is 0.370 e. The van der Waals surface area contributed by atoms with Crippen LogP contribution in [0.1, 0.15) is 11.3 Å². The number of aliphatic imine (C=N–C) groups is 1. The summed E-state index contributed by atoms with van der Waals surface area (Å²) in [5, 5.41) is 3.01. The zero-order valence-electron chi connectivity index (χ0n) is 10.5. The summed E-state index contributed by atoms with van der Waals surface area (Å²) in [6.07, 6.45) is 3.85. The molecule has 1 aliphatic heterocycles. The molecule has 0 aliphatic carbocycles. The van der Waals surface area contributed by atoms with E-state index in [-0.39, 0.29) is 0 Å². The number of hydrogen-bond acceptors (Lipinski definition) is 5. The molecular weight excluding hydrogens is 258 g/mol. The van der Waals surface area contributed by atoms with Crippen molar-refractivity contribution in [2.24, 2.45) is 16.5 Å². The second-order valence-electron chi connectivity index (χ2n) is 4.36. The molecule has 98 valence electrons. The van der Waals surface area contributed by atoms with E-state index in [4.69, 9.17) is 11.5 Å². The summed E-state index contributed by atoms with van der Waals surface area (Å²) in [4.78, 5) is 8.67. The lowest BCUT2D eigenvalue weighted by molar-refractivity contribution is 0.541. The van der Waals surface area contributed by atoms with Crippen molar-refractivity contribution < 1.29 is 0 Å². The Kier molecular flexibility index (Phi) is 2.76. The summed E-state index contributed by atoms with van der Waals surface area (Å²) < 4.78 is 0. The fourth-order valence-corrected chi connectivity index (χ4v) is 3.01. The van der Waals surface area contributed by atoms with Crippen LogP contribution in [0.5, 0.6) is 0 Å². The highest BCUT2D eigenvalue weighted by Crippen LogP contribution is 2.38. The first-order chi connectivity index (χ1) is 9.15. The fourth-order valence-electron chi connectivity index (χ4n) is 2.36. The summed E-state index contributed by atoms with van der Waals surface area (Å²) >= 11 is 1.64. The van der Waals surface area contributed by atoms with Crippen LogP contribution in [-0.4, -0.2) is 17.2 Å². The van der Waals surface area contributed by atoms with E-state index in [9.17, 15) is 0 Å². The molecule has 1 aromatic carbocycles. The maximum atomic E-state index is 6.55. The maximum absolute atomic E-state index is 6.55. The Morgan fingerprint density at radius 1 is 1.26 bits per heavy atom. The SMILES string of the molecule is CSc1ccccc1C1(N)N=C(N)Nc2cc[nH]c21. The van der Waals surface area contributed by atoms with Gasteiger partial charge in [0.15, 0.2) is 11.6 Å². The summed E-state index contributed by atoms with van der Waals surface area (Å²) in [5.41, 5.74) is 14.1. The van der Waals surface area contributed by atoms with E-state index in [0.29, 0.717) is 5.96 Å². The number of thioether (sulfide) groups is 1. The average molecular weight is 273 g/mol. The van der Waals surface area contributed by atoms with E-state index >= 15 is 0 Å². The standard InChI is InChI=1S/C13H15N5S/c1-19-10-5-3-2-4-8(10)13(15)11-9(6-7-16-11)17-12(14)18-13/h2-7,16H,15H2,1H3,(H3,14,17,18). The lowest BCUT2D eigenvalue weighted by Gasteiger charge is -2.31. The third-order valence-electron chi connectivity index (χ3n) is 3.21. The van der Waals surface area contributed by atoms with Gasteiger partial charge in [0.2, 0.25) is 0 Å². The number of rotatable bonds is 2. The number of H-pyrrole nitrogens is 1. The van der Waals surface area contributed by atoms with Crippen molar-refractivity contribution in [1.82, 2.24) is 4.98 Å². The quantitative estimate of drug-likeness (QED) is 0.626. The van der Waals surface area contributed by atoms with Crippen molar-refractivity contribution in [1.29, 1.82) is 0 Å². The molecule has 5 nitrogen and oxygen atoms in total. The lowest BCUT2D eigenvalue weighted by atomic mass is 9.95. The van der Waals surface area contributed by atoms with E-state index in [1.807, 2.05) is 42.8 Å². The number of hydrogen-bond donors (Lipinski definition) is 4. The van der Waals surface area contributed by atoms with Gasteiger partial charge in [0.1, 0.15) is 0 Å². The second kappa shape index (κ2) is 4.32. The molecule has 0 bridgehead atoms.